The number of furan rings is 1. The van der Waals surface area contributed by atoms with E-state index in [1.165, 1.54) is 154 Å². The number of aryl methyl sites for hydroxylation is 3. The highest BCUT2D eigenvalue weighted by atomic mass is 16.3. The minimum atomic E-state index is 0.698. The Labute approximate surface area is 297 Å². The lowest BCUT2D eigenvalue weighted by Crippen LogP contribution is -1.97. The Kier molecular flexibility index (Phi) is 19.1. The monoisotopic (exact) mass is 653 g/mol. The van der Waals surface area contributed by atoms with Crippen LogP contribution in [0, 0.1) is 25.7 Å². The van der Waals surface area contributed by atoms with Crippen LogP contribution < -0.4 is 0 Å². The van der Waals surface area contributed by atoms with Gasteiger partial charge in [-0.1, -0.05) is 168 Å². The summed E-state index contributed by atoms with van der Waals surface area (Å²) in [5, 5.41) is 1.17. The Bertz CT molecular complexity index is 1360. The summed E-state index contributed by atoms with van der Waals surface area (Å²) in [4.78, 5) is 0. The molecule has 3 aromatic rings. The summed E-state index contributed by atoms with van der Waals surface area (Å²) in [6.07, 6.45) is 34.6. The third-order valence-corrected chi connectivity index (χ3v) is 10.3. The lowest BCUT2D eigenvalue weighted by molar-refractivity contribution is 0.545. The predicted molar refractivity (Wildman–Crippen MR) is 215 cm³/mol. The zero-order chi connectivity index (χ0) is 34.6. The summed E-state index contributed by atoms with van der Waals surface area (Å²) >= 11 is 0. The molecule has 2 fully saturated rings. The third-order valence-electron chi connectivity index (χ3n) is 10.3. The summed E-state index contributed by atoms with van der Waals surface area (Å²) in [5.41, 5.74) is 10.8. The van der Waals surface area contributed by atoms with E-state index in [0.29, 0.717) is 5.92 Å². The number of benzene rings is 2. The maximum Gasteiger partial charge on any atom is 0.133 e. The first-order valence-electron chi connectivity index (χ1n) is 20.4. The Hall–Kier alpha value is -2.54. The molecule has 0 bridgehead atoms. The summed E-state index contributed by atoms with van der Waals surface area (Å²) < 4.78 is 5.55. The standard InChI is InChI=1S/C28H32O.C14H28.C5H12/c1-5-7-8-23(24-11-12-28-25(16-24)13-14-29-28)18-27(22-9-10-22)26-17-21(6-2)19(3)15-20(26)4;1-2-3-4-5-6-7-8-9-10-11-14-12-13-14;1-3-5-4-2/h8,11-18,22H,5-7,9-10H2,1-4H3;14H,2-13H2,1H3;3-5H2,1-2H3/b23-8-,27-18-;;. The van der Waals surface area contributed by atoms with E-state index >= 15 is 0 Å². The molecule has 0 aliphatic heterocycles. The van der Waals surface area contributed by atoms with E-state index in [1.54, 1.807) is 6.26 Å². The summed E-state index contributed by atoms with van der Waals surface area (Å²) in [7, 11) is 0. The molecule has 48 heavy (non-hydrogen) atoms. The first-order chi connectivity index (χ1) is 23.4. The minimum Gasteiger partial charge on any atom is -0.464 e. The van der Waals surface area contributed by atoms with Crippen molar-refractivity contribution in [2.75, 3.05) is 0 Å². The fraction of sp³-hybridized carbons (Fsp3) is 0.617. The average Bonchev–Trinajstić information content (AvgIpc) is 4.04. The van der Waals surface area contributed by atoms with Crippen LogP contribution in [0.1, 0.15) is 184 Å². The molecule has 1 heteroatoms. The molecule has 0 radical (unpaired) electrons. The molecule has 0 saturated heterocycles. The fourth-order valence-corrected chi connectivity index (χ4v) is 6.78. The first-order valence-corrected chi connectivity index (χ1v) is 20.4. The van der Waals surface area contributed by atoms with Gasteiger partial charge in [0.05, 0.1) is 6.26 Å². The van der Waals surface area contributed by atoms with Gasteiger partial charge in [0, 0.05) is 5.39 Å². The second-order valence-electron chi connectivity index (χ2n) is 14.9. The molecule has 0 spiro atoms. The van der Waals surface area contributed by atoms with Gasteiger partial charge in [-0.25, -0.2) is 0 Å². The molecule has 2 saturated carbocycles. The van der Waals surface area contributed by atoms with Crippen LogP contribution >= 0.6 is 0 Å². The molecule has 0 amide bonds. The van der Waals surface area contributed by atoms with Gasteiger partial charge >= 0.3 is 0 Å². The molecule has 266 valence electrons. The van der Waals surface area contributed by atoms with E-state index in [-0.39, 0.29) is 0 Å². The SMILES string of the molecule is CCC/C=C(/C=C(\c1cc(CC)c(C)cc1C)C1CC1)c1ccc2occc2c1.CCCCC.CCCCCCCCCCCC1CC1. The Morgan fingerprint density at radius 2 is 1.35 bits per heavy atom. The van der Waals surface area contributed by atoms with Gasteiger partial charge in [-0.05, 0) is 109 Å². The van der Waals surface area contributed by atoms with E-state index < -0.39 is 0 Å². The second-order valence-corrected chi connectivity index (χ2v) is 14.9. The van der Waals surface area contributed by atoms with Crippen molar-refractivity contribution < 1.29 is 4.42 Å². The molecule has 1 aromatic heterocycles. The zero-order valence-electron chi connectivity index (χ0n) is 32.4. The van der Waals surface area contributed by atoms with E-state index in [9.17, 15) is 0 Å². The number of rotatable bonds is 19. The van der Waals surface area contributed by atoms with Crippen LogP contribution in [0.25, 0.3) is 22.1 Å². The average molecular weight is 653 g/mol. The number of unbranched alkanes of at least 4 members (excludes halogenated alkanes) is 11. The lowest BCUT2D eigenvalue weighted by atomic mass is 9.89. The topological polar surface area (TPSA) is 13.1 Å². The molecule has 5 rings (SSSR count). The van der Waals surface area contributed by atoms with E-state index in [0.717, 1.165) is 30.8 Å². The molecular weight excluding hydrogens is 581 g/mol. The van der Waals surface area contributed by atoms with Gasteiger partial charge in [0.25, 0.3) is 0 Å². The van der Waals surface area contributed by atoms with E-state index in [4.69, 9.17) is 4.42 Å². The molecule has 1 nitrogen and oxygen atoms in total. The van der Waals surface area contributed by atoms with Crippen molar-refractivity contribution in [1.82, 2.24) is 0 Å². The first kappa shape index (κ1) is 39.9. The highest BCUT2D eigenvalue weighted by Crippen LogP contribution is 2.45. The van der Waals surface area contributed by atoms with Crippen LogP contribution in [-0.2, 0) is 6.42 Å². The second kappa shape index (κ2) is 23.0. The Balaban J connectivity index is 0.000000274. The quantitative estimate of drug-likeness (QED) is 0.0927. The lowest BCUT2D eigenvalue weighted by Gasteiger charge is -2.16. The van der Waals surface area contributed by atoms with Crippen LogP contribution in [0.2, 0.25) is 0 Å². The van der Waals surface area contributed by atoms with Crippen molar-refractivity contribution in [2.24, 2.45) is 11.8 Å². The van der Waals surface area contributed by atoms with Crippen LogP contribution in [-0.4, -0.2) is 0 Å². The number of hydrogen-bond acceptors (Lipinski definition) is 1. The van der Waals surface area contributed by atoms with Crippen molar-refractivity contribution in [1.29, 1.82) is 0 Å². The van der Waals surface area contributed by atoms with Gasteiger partial charge in [-0.2, -0.15) is 0 Å². The van der Waals surface area contributed by atoms with Crippen molar-refractivity contribution in [3.63, 3.8) is 0 Å². The molecule has 2 aliphatic carbocycles. The summed E-state index contributed by atoms with van der Waals surface area (Å²) in [5.74, 6) is 1.85. The van der Waals surface area contributed by atoms with Gasteiger partial charge in [0.15, 0.2) is 0 Å². The Morgan fingerprint density at radius 3 is 1.94 bits per heavy atom. The van der Waals surface area contributed by atoms with Crippen LogP contribution in [0.15, 0.2) is 59.2 Å². The van der Waals surface area contributed by atoms with E-state index in [2.05, 4.69) is 97.0 Å². The predicted octanol–water partition coefficient (Wildman–Crippen LogP) is 15.8. The van der Waals surface area contributed by atoms with Crippen molar-refractivity contribution in [3.8, 4) is 0 Å². The number of allylic oxidation sites excluding steroid dienone is 4. The molecule has 0 unspecified atom stereocenters. The van der Waals surface area contributed by atoms with Crippen LogP contribution in [0.5, 0.6) is 0 Å². The minimum absolute atomic E-state index is 0.698. The normalized spacial score (nSPS) is 14.8. The molecule has 0 atom stereocenters. The van der Waals surface area contributed by atoms with Crippen LogP contribution in [0.4, 0.5) is 0 Å². The van der Waals surface area contributed by atoms with Crippen molar-refractivity contribution in [2.45, 2.75) is 177 Å². The van der Waals surface area contributed by atoms with Gasteiger partial charge in [0.1, 0.15) is 5.58 Å². The molecule has 1 heterocycles. The van der Waals surface area contributed by atoms with Gasteiger partial charge in [-0.15, -0.1) is 0 Å². The molecule has 0 N–H and O–H groups in total. The molecule has 2 aliphatic rings. The summed E-state index contributed by atoms with van der Waals surface area (Å²) in [6.45, 7) is 15.7. The van der Waals surface area contributed by atoms with Crippen LogP contribution in [0.3, 0.4) is 0 Å². The molecular formula is C47H72O. The van der Waals surface area contributed by atoms with Gasteiger partial charge < -0.3 is 4.42 Å². The van der Waals surface area contributed by atoms with Gasteiger partial charge in [0.2, 0.25) is 0 Å². The highest BCUT2D eigenvalue weighted by molar-refractivity contribution is 5.89. The maximum absolute atomic E-state index is 5.55. The van der Waals surface area contributed by atoms with Crippen molar-refractivity contribution >= 4 is 22.1 Å². The van der Waals surface area contributed by atoms with E-state index in [1.807, 2.05) is 0 Å². The third kappa shape index (κ3) is 14.5. The zero-order valence-corrected chi connectivity index (χ0v) is 32.4. The van der Waals surface area contributed by atoms with Crippen molar-refractivity contribution in [3.05, 3.63) is 82.6 Å². The van der Waals surface area contributed by atoms with Gasteiger partial charge in [-0.3, -0.25) is 0 Å². The molecule has 2 aromatic carbocycles. The number of fused-ring (bicyclic) bond motifs is 1. The smallest absolute Gasteiger partial charge is 0.133 e. The fourth-order valence-electron chi connectivity index (χ4n) is 6.78. The Morgan fingerprint density at radius 1 is 0.688 bits per heavy atom. The largest absolute Gasteiger partial charge is 0.464 e. The summed E-state index contributed by atoms with van der Waals surface area (Å²) in [6, 6.07) is 13.4. The highest BCUT2D eigenvalue weighted by Gasteiger charge is 2.28. The number of hydrogen-bond donors (Lipinski definition) is 0. The maximum atomic E-state index is 5.55.